The van der Waals surface area contributed by atoms with E-state index in [2.05, 4.69) is 20.9 Å². The van der Waals surface area contributed by atoms with Crippen LogP contribution in [0.25, 0.3) is 0 Å². The lowest BCUT2D eigenvalue weighted by atomic mass is 10.2. The topological polar surface area (TPSA) is 97.3 Å². The number of benzene rings is 3. The summed E-state index contributed by atoms with van der Waals surface area (Å²) in [6.07, 6.45) is 5.30. The van der Waals surface area contributed by atoms with Crippen molar-refractivity contribution in [2.24, 2.45) is 0 Å². The maximum Gasteiger partial charge on any atom is 0.323 e. The van der Waals surface area contributed by atoms with Crippen LogP contribution in [0, 0.1) is 0 Å². The zero-order valence-corrected chi connectivity index (χ0v) is 17.8. The standard InChI is InChI=1S/C25H23N5O3/c31-24(29-22-8-4-5-9-23(22)33-17-16-30-15-14-26-18-30)19-10-12-21(13-11-19)28-25(32)27-20-6-2-1-3-7-20/h1-15,18H,16-17H2,(H,29,31)(H2,27,28,32). The Morgan fingerprint density at radius 1 is 0.818 bits per heavy atom. The summed E-state index contributed by atoms with van der Waals surface area (Å²) in [4.78, 5) is 28.8. The molecule has 0 aliphatic heterocycles. The monoisotopic (exact) mass is 441 g/mol. The van der Waals surface area contributed by atoms with Gasteiger partial charge in [-0.25, -0.2) is 9.78 Å². The summed E-state index contributed by atoms with van der Waals surface area (Å²) in [5, 5.41) is 8.37. The number of hydrogen-bond donors (Lipinski definition) is 3. The van der Waals surface area contributed by atoms with E-state index >= 15 is 0 Å². The highest BCUT2D eigenvalue weighted by Gasteiger charge is 2.11. The second-order valence-corrected chi connectivity index (χ2v) is 7.12. The van der Waals surface area contributed by atoms with Gasteiger partial charge < -0.3 is 25.3 Å². The lowest BCUT2D eigenvalue weighted by molar-refractivity contribution is 0.102. The summed E-state index contributed by atoms with van der Waals surface area (Å²) >= 11 is 0. The third-order valence-corrected chi connectivity index (χ3v) is 4.74. The van der Waals surface area contributed by atoms with Crippen LogP contribution >= 0.6 is 0 Å². The van der Waals surface area contributed by atoms with Crippen molar-refractivity contribution in [3.63, 3.8) is 0 Å². The van der Waals surface area contributed by atoms with E-state index in [9.17, 15) is 9.59 Å². The summed E-state index contributed by atoms with van der Waals surface area (Å²) in [5.41, 5.74) is 2.30. The number of rotatable bonds is 8. The van der Waals surface area contributed by atoms with Crippen LogP contribution in [-0.4, -0.2) is 28.1 Å². The highest BCUT2D eigenvalue weighted by atomic mass is 16.5. The molecule has 0 radical (unpaired) electrons. The van der Waals surface area contributed by atoms with Gasteiger partial charge in [0.2, 0.25) is 0 Å². The number of amides is 3. The largest absolute Gasteiger partial charge is 0.490 e. The molecule has 0 bridgehead atoms. The summed E-state index contributed by atoms with van der Waals surface area (Å²) in [7, 11) is 0. The molecule has 4 rings (SSSR count). The van der Waals surface area contributed by atoms with E-state index in [1.165, 1.54) is 0 Å². The highest BCUT2D eigenvalue weighted by Crippen LogP contribution is 2.24. The van der Waals surface area contributed by atoms with Gasteiger partial charge in [-0.15, -0.1) is 0 Å². The van der Waals surface area contributed by atoms with Crippen molar-refractivity contribution in [2.45, 2.75) is 6.54 Å². The van der Waals surface area contributed by atoms with E-state index in [1.807, 2.05) is 47.2 Å². The number of ether oxygens (including phenoxy) is 1. The molecular formula is C25H23N5O3. The predicted molar refractivity (Wildman–Crippen MR) is 128 cm³/mol. The number of para-hydroxylation sites is 3. The zero-order valence-electron chi connectivity index (χ0n) is 17.8. The molecule has 1 aromatic heterocycles. The smallest absolute Gasteiger partial charge is 0.323 e. The van der Waals surface area contributed by atoms with Crippen molar-refractivity contribution in [3.8, 4) is 5.75 Å². The number of carbonyl (C=O) groups is 2. The first-order valence-corrected chi connectivity index (χ1v) is 10.4. The van der Waals surface area contributed by atoms with Crippen LogP contribution in [0.15, 0.2) is 97.6 Å². The maximum atomic E-state index is 12.7. The Labute approximate surface area is 191 Å². The van der Waals surface area contributed by atoms with Gasteiger partial charge >= 0.3 is 6.03 Å². The molecule has 3 N–H and O–H groups in total. The van der Waals surface area contributed by atoms with E-state index in [-0.39, 0.29) is 11.9 Å². The fraction of sp³-hybridized carbons (Fsp3) is 0.0800. The van der Waals surface area contributed by atoms with Crippen molar-refractivity contribution in [3.05, 3.63) is 103 Å². The van der Waals surface area contributed by atoms with Crippen LogP contribution < -0.4 is 20.7 Å². The number of anilines is 3. The van der Waals surface area contributed by atoms with E-state index in [4.69, 9.17) is 4.74 Å². The molecule has 3 aromatic carbocycles. The number of carbonyl (C=O) groups excluding carboxylic acids is 2. The molecule has 0 spiro atoms. The van der Waals surface area contributed by atoms with Gasteiger partial charge in [-0.2, -0.15) is 0 Å². The van der Waals surface area contributed by atoms with E-state index < -0.39 is 0 Å². The fourth-order valence-electron chi connectivity index (χ4n) is 3.09. The maximum absolute atomic E-state index is 12.7. The quantitative estimate of drug-likeness (QED) is 0.364. The summed E-state index contributed by atoms with van der Waals surface area (Å²) in [5.74, 6) is 0.308. The molecule has 33 heavy (non-hydrogen) atoms. The highest BCUT2D eigenvalue weighted by molar-refractivity contribution is 6.05. The van der Waals surface area contributed by atoms with E-state index in [1.54, 1.807) is 55.0 Å². The van der Waals surface area contributed by atoms with Gasteiger partial charge in [-0.1, -0.05) is 30.3 Å². The lowest BCUT2D eigenvalue weighted by Gasteiger charge is -2.13. The average Bonchev–Trinajstić information content (AvgIpc) is 3.35. The molecule has 8 heteroatoms. The number of nitrogens with zero attached hydrogens (tertiary/aromatic N) is 2. The van der Waals surface area contributed by atoms with Crippen LogP contribution in [0.3, 0.4) is 0 Å². The minimum absolute atomic E-state index is 0.277. The van der Waals surface area contributed by atoms with Crippen LogP contribution in [0.1, 0.15) is 10.4 Å². The molecule has 0 aliphatic rings. The van der Waals surface area contributed by atoms with Crippen LogP contribution in [0.2, 0.25) is 0 Å². The van der Waals surface area contributed by atoms with E-state index in [0.717, 1.165) is 0 Å². The minimum Gasteiger partial charge on any atom is -0.490 e. The van der Waals surface area contributed by atoms with Crippen LogP contribution in [0.4, 0.5) is 21.9 Å². The molecule has 166 valence electrons. The SMILES string of the molecule is O=C(Nc1ccccc1)Nc1ccc(C(=O)Nc2ccccc2OCCn2ccnc2)cc1. The third kappa shape index (κ3) is 6.20. The predicted octanol–water partition coefficient (Wildman–Crippen LogP) is 4.86. The van der Waals surface area contributed by atoms with Crippen molar-refractivity contribution in [2.75, 3.05) is 22.6 Å². The number of urea groups is 1. The number of nitrogens with one attached hydrogen (secondary N) is 3. The summed E-state index contributed by atoms with van der Waals surface area (Å²) in [6.45, 7) is 1.09. The molecule has 8 nitrogen and oxygen atoms in total. The molecule has 0 saturated heterocycles. The van der Waals surface area contributed by atoms with Crippen LogP contribution in [0.5, 0.6) is 5.75 Å². The van der Waals surface area contributed by atoms with Crippen molar-refractivity contribution >= 4 is 29.0 Å². The second-order valence-electron chi connectivity index (χ2n) is 7.12. The van der Waals surface area contributed by atoms with Gasteiger partial charge in [0.05, 0.1) is 18.6 Å². The van der Waals surface area contributed by atoms with Gasteiger partial charge in [0.15, 0.2) is 0 Å². The Bertz CT molecular complexity index is 1190. The average molecular weight is 441 g/mol. The first kappa shape index (κ1) is 21.6. The molecule has 0 saturated carbocycles. The van der Waals surface area contributed by atoms with Gasteiger partial charge in [0.1, 0.15) is 12.4 Å². The number of hydrogen-bond acceptors (Lipinski definition) is 4. The molecule has 3 amide bonds. The minimum atomic E-state index is -0.361. The first-order valence-electron chi connectivity index (χ1n) is 10.4. The Balaban J connectivity index is 1.32. The van der Waals surface area contributed by atoms with Crippen LogP contribution in [-0.2, 0) is 6.54 Å². The first-order chi connectivity index (χ1) is 16.2. The normalized spacial score (nSPS) is 10.3. The zero-order chi connectivity index (χ0) is 22.9. The Morgan fingerprint density at radius 3 is 2.24 bits per heavy atom. The van der Waals surface area contributed by atoms with Gasteiger partial charge in [-0.3, -0.25) is 4.79 Å². The molecular weight excluding hydrogens is 418 g/mol. The lowest BCUT2D eigenvalue weighted by Crippen LogP contribution is -2.19. The molecule has 0 unspecified atom stereocenters. The Kier molecular flexibility index (Phi) is 6.97. The summed E-state index contributed by atoms with van der Waals surface area (Å²) in [6, 6.07) is 22.7. The molecule has 0 aliphatic carbocycles. The number of aromatic nitrogens is 2. The molecule has 1 heterocycles. The summed E-state index contributed by atoms with van der Waals surface area (Å²) < 4.78 is 7.75. The van der Waals surface area contributed by atoms with Gasteiger partial charge in [-0.05, 0) is 48.5 Å². The second kappa shape index (κ2) is 10.6. The van der Waals surface area contributed by atoms with Crippen molar-refractivity contribution in [1.82, 2.24) is 9.55 Å². The fourth-order valence-corrected chi connectivity index (χ4v) is 3.09. The third-order valence-electron chi connectivity index (χ3n) is 4.74. The van der Waals surface area contributed by atoms with Gasteiger partial charge in [0.25, 0.3) is 5.91 Å². The molecule has 0 fully saturated rings. The molecule has 0 atom stereocenters. The Hall–Kier alpha value is -4.59. The van der Waals surface area contributed by atoms with Gasteiger partial charge in [0, 0.05) is 29.3 Å². The van der Waals surface area contributed by atoms with Crippen molar-refractivity contribution in [1.29, 1.82) is 0 Å². The van der Waals surface area contributed by atoms with Crippen molar-refractivity contribution < 1.29 is 14.3 Å². The number of imidazole rings is 1. The molecule has 4 aromatic rings. The van der Waals surface area contributed by atoms with E-state index in [0.29, 0.717) is 41.5 Å². The Morgan fingerprint density at radius 2 is 1.52 bits per heavy atom.